The molecule has 0 saturated carbocycles. The zero-order valence-corrected chi connectivity index (χ0v) is 16.2. The van der Waals surface area contributed by atoms with Gasteiger partial charge in [-0.3, -0.25) is 9.48 Å². The first-order valence-corrected chi connectivity index (χ1v) is 9.76. The Hall–Kier alpha value is -3.17. The fourth-order valence-electron chi connectivity index (χ4n) is 2.30. The van der Waals surface area contributed by atoms with Crippen LogP contribution < -0.4 is 9.61 Å². The summed E-state index contributed by atoms with van der Waals surface area (Å²) in [6.07, 6.45) is 2.62. The highest BCUT2D eigenvalue weighted by Gasteiger charge is 2.18. The maximum Gasteiger partial charge on any atom is 0.339 e. The number of rotatable bonds is 6. The third-order valence-electron chi connectivity index (χ3n) is 3.63. The lowest BCUT2D eigenvalue weighted by Gasteiger charge is -2.09. The summed E-state index contributed by atoms with van der Waals surface area (Å²) in [7, 11) is -2.43. The number of benzene rings is 2. The molecule has 1 N–H and O–H groups in total. The zero-order chi connectivity index (χ0) is 20.1. The summed E-state index contributed by atoms with van der Waals surface area (Å²) >= 11 is 5.91. The highest BCUT2D eigenvalue weighted by molar-refractivity contribution is 7.87. The van der Waals surface area contributed by atoms with Gasteiger partial charge in [-0.15, -0.1) is 0 Å². The summed E-state index contributed by atoms with van der Waals surface area (Å²) in [6.45, 7) is 0. The van der Waals surface area contributed by atoms with Gasteiger partial charge in [-0.2, -0.15) is 18.6 Å². The first-order chi connectivity index (χ1) is 13.4. The number of halogens is 1. The summed E-state index contributed by atoms with van der Waals surface area (Å²) in [5.41, 5.74) is 2.82. The maximum absolute atomic E-state index is 12.4. The lowest BCUT2D eigenvalue weighted by Crippen LogP contribution is -2.21. The van der Waals surface area contributed by atoms with Crippen LogP contribution >= 0.6 is 11.6 Å². The number of carbonyl (C=O) groups excluding carboxylic acids is 1. The number of nitrogens with one attached hydrogen (secondary N) is 1. The minimum atomic E-state index is -4.00. The van der Waals surface area contributed by atoms with E-state index < -0.39 is 16.0 Å². The average Bonchev–Trinajstić information content (AvgIpc) is 3.02. The molecule has 0 aliphatic heterocycles. The minimum Gasteiger partial charge on any atom is -0.378 e. The molecule has 2 aromatic carbocycles. The van der Waals surface area contributed by atoms with Crippen LogP contribution in [0.2, 0.25) is 5.02 Å². The number of hydrogen-bond acceptors (Lipinski definition) is 6. The molecule has 144 valence electrons. The smallest absolute Gasteiger partial charge is 0.339 e. The number of carbonyl (C=O) groups is 1. The van der Waals surface area contributed by atoms with Gasteiger partial charge in [-0.05, 0) is 24.3 Å². The van der Waals surface area contributed by atoms with Crippen LogP contribution in [0, 0.1) is 0 Å². The largest absolute Gasteiger partial charge is 0.378 e. The summed E-state index contributed by atoms with van der Waals surface area (Å²) < 4.78 is 31.3. The van der Waals surface area contributed by atoms with Crippen molar-refractivity contribution in [1.29, 1.82) is 0 Å². The summed E-state index contributed by atoms with van der Waals surface area (Å²) in [6, 6.07) is 14.2. The predicted molar refractivity (Wildman–Crippen MR) is 104 cm³/mol. The van der Waals surface area contributed by atoms with Crippen LogP contribution in [-0.4, -0.2) is 30.3 Å². The second-order valence-corrected chi connectivity index (χ2v) is 7.51. The molecule has 28 heavy (non-hydrogen) atoms. The fourth-order valence-corrected chi connectivity index (χ4v) is 3.52. The number of hydrogen-bond donors (Lipinski definition) is 1. The molecular formula is C18H15ClN4O4S. The van der Waals surface area contributed by atoms with E-state index in [-0.39, 0.29) is 21.4 Å². The van der Waals surface area contributed by atoms with Crippen LogP contribution in [0.4, 0.5) is 0 Å². The van der Waals surface area contributed by atoms with E-state index in [9.17, 15) is 13.2 Å². The van der Waals surface area contributed by atoms with E-state index >= 15 is 0 Å². The van der Waals surface area contributed by atoms with Crippen molar-refractivity contribution in [1.82, 2.24) is 15.2 Å². The quantitative estimate of drug-likeness (QED) is 0.376. The summed E-state index contributed by atoms with van der Waals surface area (Å²) in [5, 5.41) is 7.90. The zero-order valence-electron chi connectivity index (χ0n) is 14.6. The number of aryl methyl sites for hydroxylation is 1. The Balaban J connectivity index is 1.77. The Morgan fingerprint density at radius 3 is 2.54 bits per heavy atom. The molecule has 10 heteroatoms. The van der Waals surface area contributed by atoms with Crippen molar-refractivity contribution < 1.29 is 17.4 Å². The summed E-state index contributed by atoms with van der Waals surface area (Å²) in [5.74, 6) is -0.487. The van der Waals surface area contributed by atoms with Crippen molar-refractivity contribution in [3.8, 4) is 5.75 Å². The molecule has 1 heterocycles. The SMILES string of the molecule is Cn1ncc(Cl)c1C(=O)N/N=C\c1ccccc1OS(=O)(=O)c1ccccc1. The van der Waals surface area contributed by atoms with Gasteiger partial charge in [-0.25, -0.2) is 5.43 Å². The average molecular weight is 419 g/mol. The molecule has 0 bridgehead atoms. The van der Waals surface area contributed by atoms with Gasteiger partial charge in [0.1, 0.15) is 10.6 Å². The number of para-hydroxylation sites is 1. The number of amides is 1. The lowest BCUT2D eigenvalue weighted by atomic mass is 10.2. The van der Waals surface area contributed by atoms with E-state index in [1.165, 1.54) is 35.3 Å². The molecular weight excluding hydrogens is 404 g/mol. The molecule has 3 aromatic rings. The van der Waals surface area contributed by atoms with E-state index in [2.05, 4.69) is 15.6 Å². The highest BCUT2D eigenvalue weighted by atomic mass is 35.5. The van der Waals surface area contributed by atoms with Crippen LogP contribution in [0.25, 0.3) is 0 Å². The van der Waals surface area contributed by atoms with Crippen LogP contribution in [0.5, 0.6) is 5.75 Å². The van der Waals surface area contributed by atoms with Gasteiger partial charge in [0.15, 0.2) is 5.75 Å². The molecule has 0 unspecified atom stereocenters. The lowest BCUT2D eigenvalue weighted by molar-refractivity contribution is 0.0946. The van der Waals surface area contributed by atoms with Crippen LogP contribution in [0.3, 0.4) is 0 Å². The second-order valence-electron chi connectivity index (χ2n) is 5.55. The Bertz CT molecular complexity index is 1110. The van der Waals surface area contributed by atoms with Crippen molar-refractivity contribution in [3.63, 3.8) is 0 Å². The number of aromatic nitrogens is 2. The molecule has 0 aliphatic rings. The molecule has 0 saturated heterocycles. The van der Waals surface area contributed by atoms with Crippen LogP contribution in [0.1, 0.15) is 16.1 Å². The van der Waals surface area contributed by atoms with E-state index in [0.717, 1.165) is 0 Å². The molecule has 0 atom stereocenters. The van der Waals surface area contributed by atoms with Crippen molar-refractivity contribution >= 4 is 33.8 Å². The number of hydrazone groups is 1. The second kappa shape index (κ2) is 8.24. The Kier molecular flexibility index (Phi) is 5.76. The molecule has 0 radical (unpaired) electrons. The van der Waals surface area contributed by atoms with E-state index in [4.69, 9.17) is 15.8 Å². The molecule has 1 aromatic heterocycles. The van der Waals surface area contributed by atoms with Crippen molar-refractivity contribution in [2.45, 2.75) is 4.90 Å². The molecule has 8 nitrogen and oxygen atoms in total. The van der Waals surface area contributed by atoms with E-state index in [1.807, 2.05) is 0 Å². The van der Waals surface area contributed by atoms with Gasteiger partial charge in [0.2, 0.25) is 0 Å². The first-order valence-electron chi connectivity index (χ1n) is 7.98. The van der Waals surface area contributed by atoms with E-state index in [0.29, 0.717) is 5.56 Å². The monoisotopic (exact) mass is 418 g/mol. The van der Waals surface area contributed by atoms with Crippen molar-refractivity contribution in [3.05, 3.63) is 77.1 Å². The molecule has 0 spiro atoms. The van der Waals surface area contributed by atoms with Crippen LogP contribution in [-0.2, 0) is 17.2 Å². The fraction of sp³-hybridized carbons (Fsp3) is 0.0556. The molecule has 1 amide bonds. The first kappa shape index (κ1) is 19.6. The summed E-state index contributed by atoms with van der Waals surface area (Å²) in [4.78, 5) is 12.2. The minimum absolute atomic E-state index is 0.0286. The third-order valence-corrected chi connectivity index (χ3v) is 5.15. The van der Waals surface area contributed by atoms with Crippen molar-refractivity contribution in [2.75, 3.05) is 0 Å². The van der Waals surface area contributed by atoms with Gasteiger partial charge >= 0.3 is 10.1 Å². The standard InChI is InChI=1S/C18H15ClN4O4S/c1-23-17(15(19)12-21-23)18(24)22-20-11-13-7-5-6-10-16(13)27-28(25,26)14-8-3-2-4-9-14/h2-12H,1H3,(H,22,24)/b20-11-. The van der Waals surface area contributed by atoms with Gasteiger partial charge in [-0.1, -0.05) is 41.9 Å². The van der Waals surface area contributed by atoms with Gasteiger partial charge < -0.3 is 4.18 Å². The maximum atomic E-state index is 12.4. The molecule has 0 fully saturated rings. The topological polar surface area (TPSA) is 103 Å². The molecule has 3 rings (SSSR count). The normalized spacial score (nSPS) is 11.5. The Morgan fingerprint density at radius 2 is 1.86 bits per heavy atom. The third kappa shape index (κ3) is 4.38. The van der Waals surface area contributed by atoms with E-state index in [1.54, 1.807) is 43.4 Å². The van der Waals surface area contributed by atoms with Gasteiger partial charge in [0.05, 0.1) is 17.4 Å². The Labute approximate surface area is 166 Å². The molecule has 0 aliphatic carbocycles. The van der Waals surface area contributed by atoms with Gasteiger partial charge in [0, 0.05) is 12.6 Å². The Morgan fingerprint density at radius 1 is 1.18 bits per heavy atom. The van der Waals surface area contributed by atoms with Crippen molar-refractivity contribution in [2.24, 2.45) is 12.1 Å². The van der Waals surface area contributed by atoms with Crippen LogP contribution in [0.15, 0.2) is 70.8 Å². The highest BCUT2D eigenvalue weighted by Crippen LogP contribution is 2.21. The van der Waals surface area contributed by atoms with Gasteiger partial charge in [0.25, 0.3) is 5.91 Å². The predicted octanol–water partition coefficient (Wildman–Crippen LogP) is 2.61. The number of nitrogens with zero attached hydrogens (tertiary/aromatic N) is 3.